The topological polar surface area (TPSA) is 32.3 Å². The van der Waals surface area contributed by atoms with E-state index >= 15 is 0 Å². The van der Waals surface area contributed by atoms with Crippen LogP contribution in [-0.2, 0) is 0 Å². The Morgan fingerprint density at radius 1 is 1.17 bits per heavy atom. The van der Waals surface area contributed by atoms with Gasteiger partial charge in [-0.15, -0.1) is 0 Å². The summed E-state index contributed by atoms with van der Waals surface area (Å²) in [5, 5.41) is 14.4. The molecule has 0 aliphatic heterocycles. The number of aliphatic hydroxyl groups is 1. The number of hydrogen-bond donors (Lipinski definition) is 2. The zero-order valence-corrected chi connectivity index (χ0v) is 12.6. The first-order valence-electron chi connectivity index (χ1n) is 6.94. The van der Waals surface area contributed by atoms with E-state index < -0.39 is 0 Å². The van der Waals surface area contributed by atoms with E-state index in [4.69, 9.17) is 0 Å². The SMILES string of the molecule is OC(CNC1CCCCC1)C[Se]c1ccccc1. The predicted molar refractivity (Wildman–Crippen MR) is 77.5 cm³/mol. The second-order valence-corrected chi connectivity index (χ2v) is 7.32. The first-order chi connectivity index (χ1) is 8.84. The average molecular weight is 312 g/mol. The predicted octanol–water partition coefficient (Wildman–Crippen LogP) is 1.72. The van der Waals surface area contributed by atoms with Gasteiger partial charge in [-0.3, -0.25) is 0 Å². The Kier molecular flexibility index (Phi) is 6.22. The number of nitrogens with one attached hydrogen (secondary N) is 1. The maximum atomic E-state index is 9.99. The summed E-state index contributed by atoms with van der Waals surface area (Å²) in [7, 11) is 0. The number of aliphatic hydroxyl groups excluding tert-OH is 1. The summed E-state index contributed by atoms with van der Waals surface area (Å²) in [6.45, 7) is 0.763. The van der Waals surface area contributed by atoms with Crippen molar-refractivity contribution in [3.63, 3.8) is 0 Å². The van der Waals surface area contributed by atoms with Crippen molar-refractivity contribution >= 4 is 19.4 Å². The Labute approximate surface area is 116 Å². The summed E-state index contributed by atoms with van der Waals surface area (Å²) in [5.74, 6) is 0. The Morgan fingerprint density at radius 2 is 1.89 bits per heavy atom. The van der Waals surface area contributed by atoms with E-state index in [-0.39, 0.29) is 6.10 Å². The van der Waals surface area contributed by atoms with Gasteiger partial charge in [-0.1, -0.05) is 0 Å². The van der Waals surface area contributed by atoms with Gasteiger partial charge in [0, 0.05) is 0 Å². The fourth-order valence-electron chi connectivity index (χ4n) is 2.38. The monoisotopic (exact) mass is 313 g/mol. The minimum atomic E-state index is -0.188. The minimum absolute atomic E-state index is 0.188. The average Bonchev–Trinajstić information content (AvgIpc) is 2.45. The quantitative estimate of drug-likeness (QED) is 0.784. The van der Waals surface area contributed by atoms with Crippen molar-refractivity contribution in [2.45, 2.75) is 49.6 Å². The molecule has 1 aliphatic rings. The second-order valence-electron chi connectivity index (χ2n) is 5.02. The van der Waals surface area contributed by atoms with Crippen LogP contribution in [0.15, 0.2) is 30.3 Å². The molecule has 18 heavy (non-hydrogen) atoms. The molecular weight excluding hydrogens is 289 g/mol. The van der Waals surface area contributed by atoms with Crippen LogP contribution in [0.3, 0.4) is 0 Å². The Bertz CT molecular complexity index is 325. The molecule has 1 atom stereocenters. The van der Waals surface area contributed by atoms with Crippen molar-refractivity contribution in [3.05, 3.63) is 30.3 Å². The van der Waals surface area contributed by atoms with Gasteiger partial charge in [-0.2, -0.15) is 0 Å². The zero-order valence-electron chi connectivity index (χ0n) is 10.8. The van der Waals surface area contributed by atoms with E-state index in [1.807, 2.05) is 6.07 Å². The van der Waals surface area contributed by atoms with Gasteiger partial charge in [-0.05, 0) is 0 Å². The fourth-order valence-corrected chi connectivity index (χ4v) is 4.17. The zero-order chi connectivity index (χ0) is 12.6. The molecule has 0 spiro atoms. The van der Waals surface area contributed by atoms with E-state index in [2.05, 4.69) is 29.6 Å². The Morgan fingerprint density at radius 3 is 2.61 bits per heavy atom. The van der Waals surface area contributed by atoms with Crippen LogP contribution in [0.25, 0.3) is 0 Å². The van der Waals surface area contributed by atoms with Crippen LogP contribution < -0.4 is 9.78 Å². The Balaban J connectivity index is 1.61. The molecule has 1 fully saturated rings. The number of benzene rings is 1. The summed E-state index contributed by atoms with van der Waals surface area (Å²) in [6.07, 6.45) is 6.47. The summed E-state index contributed by atoms with van der Waals surface area (Å²) in [4.78, 5) is 0. The summed E-state index contributed by atoms with van der Waals surface area (Å²) >= 11 is 0.398. The molecule has 1 aromatic carbocycles. The van der Waals surface area contributed by atoms with E-state index in [9.17, 15) is 5.11 Å². The first kappa shape index (κ1) is 14.1. The molecule has 2 rings (SSSR count). The molecule has 0 saturated heterocycles. The summed E-state index contributed by atoms with van der Waals surface area (Å²) in [5.41, 5.74) is 0. The van der Waals surface area contributed by atoms with E-state index in [1.165, 1.54) is 36.6 Å². The molecule has 2 nitrogen and oxygen atoms in total. The van der Waals surface area contributed by atoms with Crippen molar-refractivity contribution in [2.24, 2.45) is 0 Å². The van der Waals surface area contributed by atoms with Gasteiger partial charge in [0.2, 0.25) is 0 Å². The fraction of sp³-hybridized carbons (Fsp3) is 0.600. The Hall–Kier alpha value is -0.341. The van der Waals surface area contributed by atoms with Crippen LogP contribution in [0.1, 0.15) is 32.1 Å². The van der Waals surface area contributed by atoms with Crippen molar-refractivity contribution in [2.75, 3.05) is 6.54 Å². The molecular formula is C15H23NOSe. The molecule has 100 valence electrons. The third kappa shape index (κ3) is 5.11. The van der Waals surface area contributed by atoms with Gasteiger partial charge >= 0.3 is 116 Å². The molecule has 1 aromatic rings. The molecule has 1 aliphatic carbocycles. The molecule has 0 heterocycles. The second kappa shape index (κ2) is 7.96. The first-order valence-corrected chi connectivity index (χ1v) is 9.00. The van der Waals surface area contributed by atoms with E-state index in [0.717, 1.165) is 11.9 Å². The molecule has 0 aromatic heterocycles. The van der Waals surface area contributed by atoms with E-state index in [0.29, 0.717) is 21.0 Å². The van der Waals surface area contributed by atoms with Crippen LogP contribution in [0.4, 0.5) is 0 Å². The summed E-state index contributed by atoms with van der Waals surface area (Å²) < 4.78 is 1.38. The van der Waals surface area contributed by atoms with Crippen molar-refractivity contribution in [1.29, 1.82) is 0 Å². The van der Waals surface area contributed by atoms with Gasteiger partial charge < -0.3 is 0 Å². The molecule has 1 saturated carbocycles. The molecule has 3 heteroatoms. The standard InChI is InChI=1S/C15H23NOSe/c17-14(11-16-13-7-3-1-4-8-13)12-18-15-9-5-2-6-10-15/h2,5-6,9-10,13-14,16-17H,1,3-4,7-8,11-12H2. The van der Waals surface area contributed by atoms with Crippen LogP contribution in [0, 0.1) is 0 Å². The van der Waals surface area contributed by atoms with Gasteiger partial charge in [0.15, 0.2) is 0 Å². The van der Waals surface area contributed by atoms with Gasteiger partial charge in [0.25, 0.3) is 0 Å². The molecule has 2 N–H and O–H groups in total. The third-order valence-corrected chi connectivity index (χ3v) is 5.86. The van der Waals surface area contributed by atoms with Gasteiger partial charge in [0.05, 0.1) is 0 Å². The van der Waals surface area contributed by atoms with E-state index in [1.54, 1.807) is 0 Å². The maximum absolute atomic E-state index is 9.99. The summed E-state index contributed by atoms with van der Waals surface area (Å²) in [6, 6.07) is 11.1. The van der Waals surface area contributed by atoms with Crippen LogP contribution in [0.5, 0.6) is 0 Å². The van der Waals surface area contributed by atoms with Gasteiger partial charge in [0.1, 0.15) is 0 Å². The molecule has 0 amide bonds. The van der Waals surface area contributed by atoms with Crippen molar-refractivity contribution < 1.29 is 5.11 Å². The van der Waals surface area contributed by atoms with Crippen LogP contribution >= 0.6 is 0 Å². The number of hydrogen-bond acceptors (Lipinski definition) is 2. The van der Waals surface area contributed by atoms with Crippen molar-refractivity contribution in [3.8, 4) is 0 Å². The molecule has 0 radical (unpaired) electrons. The van der Waals surface area contributed by atoms with Crippen LogP contribution in [-0.4, -0.2) is 38.8 Å². The van der Waals surface area contributed by atoms with Gasteiger partial charge in [-0.25, -0.2) is 0 Å². The number of rotatable bonds is 6. The normalized spacial score (nSPS) is 18.7. The third-order valence-electron chi connectivity index (χ3n) is 3.43. The van der Waals surface area contributed by atoms with Crippen molar-refractivity contribution in [1.82, 2.24) is 5.32 Å². The molecule has 0 bridgehead atoms. The molecule has 1 unspecified atom stereocenters. The van der Waals surface area contributed by atoms with Crippen LogP contribution in [0.2, 0.25) is 5.32 Å².